The number of halogens is 1. The molecule has 0 radical (unpaired) electrons. The van der Waals surface area contributed by atoms with Crippen LogP contribution in [-0.4, -0.2) is 16.8 Å². The lowest BCUT2D eigenvalue weighted by Gasteiger charge is -2.30. The summed E-state index contributed by atoms with van der Waals surface area (Å²) in [6.07, 6.45) is 4.96. The lowest BCUT2D eigenvalue weighted by molar-refractivity contribution is -0.122. The van der Waals surface area contributed by atoms with Crippen molar-refractivity contribution in [1.29, 1.82) is 0 Å². The maximum atomic E-state index is 11.8. The summed E-state index contributed by atoms with van der Waals surface area (Å²) in [6, 6.07) is 0.394. The van der Waals surface area contributed by atoms with E-state index in [-0.39, 0.29) is 10.7 Å². The molecule has 15 heavy (non-hydrogen) atoms. The second-order valence-electron chi connectivity index (χ2n) is 5.02. The van der Waals surface area contributed by atoms with E-state index in [1.807, 2.05) is 0 Å². The van der Waals surface area contributed by atoms with Crippen molar-refractivity contribution in [2.24, 2.45) is 11.8 Å². The van der Waals surface area contributed by atoms with Crippen LogP contribution in [0.4, 0.5) is 0 Å². The summed E-state index contributed by atoms with van der Waals surface area (Å²) in [5.41, 5.74) is 0. The maximum absolute atomic E-state index is 11.8. The predicted octanol–water partition coefficient (Wildman–Crippen LogP) is 3.10. The van der Waals surface area contributed by atoms with Gasteiger partial charge in [-0.25, -0.2) is 0 Å². The molecule has 1 fully saturated rings. The van der Waals surface area contributed by atoms with E-state index in [9.17, 15) is 4.79 Å². The molecule has 0 aromatic rings. The fourth-order valence-corrected chi connectivity index (χ4v) is 2.23. The topological polar surface area (TPSA) is 29.1 Å². The molecule has 3 heteroatoms. The molecule has 0 bridgehead atoms. The molecule has 88 valence electrons. The number of carbonyl (C=O) groups excluding carboxylic acids is 1. The number of amides is 1. The van der Waals surface area contributed by atoms with Gasteiger partial charge in [-0.3, -0.25) is 4.79 Å². The van der Waals surface area contributed by atoms with Crippen molar-refractivity contribution in [1.82, 2.24) is 5.32 Å². The Labute approximate surface area is 101 Å². The largest absolute Gasteiger partial charge is 0.352 e. The summed E-state index contributed by atoms with van der Waals surface area (Å²) < 4.78 is 0. The van der Waals surface area contributed by atoms with Crippen LogP contribution in [0.1, 0.15) is 46.5 Å². The SMILES string of the molecule is CC(C)C(Br)C(=O)NC1CCCCC1C. The van der Waals surface area contributed by atoms with Crippen molar-refractivity contribution in [3.8, 4) is 0 Å². The second kappa shape index (κ2) is 5.88. The Balaban J connectivity index is 2.42. The molecule has 2 nitrogen and oxygen atoms in total. The van der Waals surface area contributed by atoms with Crippen LogP contribution in [0.5, 0.6) is 0 Å². The van der Waals surface area contributed by atoms with Gasteiger partial charge in [-0.1, -0.05) is 49.5 Å². The molecule has 0 heterocycles. The molecule has 0 saturated heterocycles. The molecular formula is C12H22BrNO. The molecule has 1 amide bonds. The van der Waals surface area contributed by atoms with Crippen LogP contribution in [-0.2, 0) is 4.79 Å². The van der Waals surface area contributed by atoms with Crippen LogP contribution in [0.3, 0.4) is 0 Å². The van der Waals surface area contributed by atoms with Crippen LogP contribution in [0, 0.1) is 11.8 Å². The second-order valence-corrected chi connectivity index (χ2v) is 6.01. The van der Waals surface area contributed by atoms with E-state index in [0.717, 1.165) is 6.42 Å². The third kappa shape index (κ3) is 3.78. The first kappa shape index (κ1) is 13.0. The highest BCUT2D eigenvalue weighted by molar-refractivity contribution is 9.10. The summed E-state index contributed by atoms with van der Waals surface area (Å²) in [5, 5.41) is 3.16. The van der Waals surface area contributed by atoms with Gasteiger partial charge in [-0.2, -0.15) is 0 Å². The van der Waals surface area contributed by atoms with Crippen molar-refractivity contribution in [2.45, 2.75) is 57.3 Å². The number of nitrogens with one attached hydrogen (secondary N) is 1. The van der Waals surface area contributed by atoms with Crippen molar-refractivity contribution < 1.29 is 4.79 Å². The lowest BCUT2D eigenvalue weighted by atomic mass is 9.86. The van der Waals surface area contributed by atoms with Gasteiger partial charge < -0.3 is 5.32 Å². The van der Waals surface area contributed by atoms with E-state index in [1.54, 1.807) is 0 Å². The van der Waals surface area contributed by atoms with Crippen LogP contribution in [0.15, 0.2) is 0 Å². The Morgan fingerprint density at radius 2 is 1.93 bits per heavy atom. The molecule has 1 aliphatic rings. The zero-order valence-electron chi connectivity index (χ0n) is 9.92. The van der Waals surface area contributed by atoms with Gasteiger partial charge in [0.25, 0.3) is 0 Å². The highest BCUT2D eigenvalue weighted by atomic mass is 79.9. The van der Waals surface area contributed by atoms with E-state index in [1.165, 1.54) is 19.3 Å². The molecule has 0 spiro atoms. The molecule has 3 atom stereocenters. The molecule has 1 rings (SSSR count). The summed E-state index contributed by atoms with van der Waals surface area (Å²) >= 11 is 3.44. The van der Waals surface area contributed by atoms with Crippen LogP contribution < -0.4 is 5.32 Å². The average molecular weight is 276 g/mol. The molecule has 1 N–H and O–H groups in total. The number of rotatable bonds is 3. The number of hydrogen-bond acceptors (Lipinski definition) is 1. The minimum absolute atomic E-state index is 0.0494. The molecule has 0 aromatic heterocycles. The molecule has 0 aliphatic heterocycles. The molecule has 1 aliphatic carbocycles. The van der Waals surface area contributed by atoms with Gasteiger partial charge in [0.2, 0.25) is 5.91 Å². The van der Waals surface area contributed by atoms with Crippen LogP contribution >= 0.6 is 15.9 Å². The Morgan fingerprint density at radius 1 is 1.33 bits per heavy atom. The fraction of sp³-hybridized carbons (Fsp3) is 0.917. The van der Waals surface area contributed by atoms with Crippen molar-refractivity contribution in [3.05, 3.63) is 0 Å². The Bertz CT molecular complexity index is 218. The summed E-state index contributed by atoms with van der Waals surface area (Å²) in [4.78, 5) is 11.8. The van der Waals surface area contributed by atoms with Gasteiger partial charge in [0, 0.05) is 6.04 Å². The van der Waals surface area contributed by atoms with Gasteiger partial charge in [0.15, 0.2) is 0 Å². The van der Waals surface area contributed by atoms with Crippen LogP contribution in [0.25, 0.3) is 0 Å². The Morgan fingerprint density at radius 3 is 2.47 bits per heavy atom. The third-order valence-corrected chi connectivity index (χ3v) is 4.75. The van der Waals surface area contributed by atoms with Gasteiger partial charge in [0.1, 0.15) is 0 Å². The van der Waals surface area contributed by atoms with Gasteiger partial charge in [-0.05, 0) is 24.7 Å². The number of carbonyl (C=O) groups is 1. The maximum Gasteiger partial charge on any atom is 0.234 e. The van der Waals surface area contributed by atoms with E-state index in [0.29, 0.717) is 17.9 Å². The predicted molar refractivity (Wildman–Crippen MR) is 67.1 cm³/mol. The van der Waals surface area contributed by atoms with Crippen molar-refractivity contribution >= 4 is 21.8 Å². The first-order valence-corrected chi connectivity index (χ1v) is 6.88. The van der Waals surface area contributed by atoms with Gasteiger partial charge >= 0.3 is 0 Å². The lowest BCUT2D eigenvalue weighted by Crippen LogP contribution is -2.45. The first-order chi connectivity index (χ1) is 7.02. The smallest absolute Gasteiger partial charge is 0.234 e. The summed E-state index contributed by atoms with van der Waals surface area (Å²) in [6.45, 7) is 6.36. The van der Waals surface area contributed by atoms with Gasteiger partial charge in [0.05, 0.1) is 4.83 Å². The van der Waals surface area contributed by atoms with Crippen molar-refractivity contribution in [2.75, 3.05) is 0 Å². The normalized spacial score (nSPS) is 28.9. The van der Waals surface area contributed by atoms with Crippen molar-refractivity contribution in [3.63, 3.8) is 0 Å². The molecular weight excluding hydrogens is 254 g/mol. The van der Waals surface area contributed by atoms with Crippen LogP contribution in [0.2, 0.25) is 0 Å². The molecule has 1 saturated carbocycles. The number of hydrogen-bond donors (Lipinski definition) is 1. The van der Waals surface area contributed by atoms with Gasteiger partial charge in [-0.15, -0.1) is 0 Å². The van der Waals surface area contributed by atoms with E-state index in [2.05, 4.69) is 42.0 Å². The molecule has 0 aromatic carbocycles. The zero-order chi connectivity index (χ0) is 11.4. The Kier molecular flexibility index (Phi) is 5.10. The van der Waals surface area contributed by atoms with E-state index >= 15 is 0 Å². The highest BCUT2D eigenvalue weighted by Crippen LogP contribution is 2.24. The Hall–Kier alpha value is -0.0500. The minimum atomic E-state index is -0.0494. The molecule has 3 unspecified atom stereocenters. The zero-order valence-corrected chi connectivity index (χ0v) is 11.5. The van der Waals surface area contributed by atoms with E-state index < -0.39 is 0 Å². The third-order valence-electron chi connectivity index (χ3n) is 3.27. The minimum Gasteiger partial charge on any atom is -0.352 e. The highest BCUT2D eigenvalue weighted by Gasteiger charge is 2.26. The van der Waals surface area contributed by atoms with E-state index in [4.69, 9.17) is 0 Å². The first-order valence-electron chi connectivity index (χ1n) is 5.96. The fourth-order valence-electron chi connectivity index (χ4n) is 2.10. The monoisotopic (exact) mass is 275 g/mol. The standard InChI is InChI=1S/C12H22BrNO/c1-8(2)11(13)12(15)14-10-7-5-4-6-9(10)3/h8-11H,4-7H2,1-3H3,(H,14,15). The quantitative estimate of drug-likeness (QED) is 0.788. The summed E-state index contributed by atoms with van der Waals surface area (Å²) in [7, 11) is 0. The average Bonchev–Trinajstić information content (AvgIpc) is 2.20. The number of alkyl halides is 1. The summed E-state index contributed by atoms with van der Waals surface area (Å²) in [5.74, 6) is 1.14.